The van der Waals surface area contributed by atoms with Crippen LogP contribution in [0.1, 0.15) is 23.2 Å². The Labute approximate surface area is 109 Å². The van der Waals surface area contributed by atoms with E-state index >= 15 is 0 Å². The minimum Gasteiger partial charge on any atom is -0.399 e. The van der Waals surface area contributed by atoms with Crippen LogP contribution in [-0.2, 0) is 0 Å². The summed E-state index contributed by atoms with van der Waals surface area (Å²) < 4.78 is 0.733. The van der Waals surface area contributed by atoms with Crippen LogP contribution < -0.4 is 5.73 Å². The Bertz CT molecular complexity index is 437. The number of β-amino-alcohol motifs (C(OH)–C–C–N with tert-alkyl or cyclic N) is 1. The Balaban J connectivity index is 2.21. The average molecular weight is 299 g/mol. The number of carbonyl (C=O) groups is 1. The summed E-state index contributed by atoms with van der Waals surface area (Å²) >= 11 is 3.35. The molecule has 5 heteroatoms. The van der Waals surface area contributed by atoms with E-state index in [2.05, 4.69) is 15.9 Å². The van der Waals surface area contributed by atoms with Gasteiger partial charge in [-0.05, 0) is 47.0 Å². The number of benzene rings is 1. The van der Waals surface area contributed by atoms with Crippen LogP contribution in [0.25, 0.3) is 0 Å². The minimum absolute atomic E-state index is 0.0806. The quantitative estimate of drug-likeness (QED) is 0.775. The van der Waals surface area contributed by atoms with Crippen molar-refractivity contribution in [2.75, 3.05) is 18.8 Å². The molecule has 0 spiro atoms. The van der Waals surface area contributed by atoms with Crippen molar-refractivity contribution in [2.24, 2.45) is 0 Å². The third kappa shape index (κ3) is 2.79. The second-order valence-corrected chi connectivity index (χ2v) is 5.14. The molecule has 4 nitrogen and oxygen atoms in total. The Morgan fingerprint density at radius 2 is 2.29 bits per heavy atom. The zero-order valence-corrected chi connectivity index (χ0v) is 11.0. The number of hydrogen-bond acceptors (Lipinski definition) is 3. The highest BCUT2D eigenvalue weighted by Gasteiger charge is 2.24. The van der Waals surface area contributed by atoms with E-state index in [0.29, 0.717) is 24.3 Å². The number of nitrogens with zero attached hydrogens (tertiary/aromatic N) is 1. The predicted molar refractivity (Wildman–Crippen MR) is 69.7 cm³/mol. The lowest BCUT2D eigenvalue weighted by molar-refractivity contribution is 0.0473. The van der Waals surface area contributed by atoms with Crippen LogP contribution in [0, 0.1) is 0 Å². The zero-order valence-electron chi connectivity index (χ0n) is 9.40. The van der Waals surface area contributed by atoms with Gasteiger partial charge >= 0.3 is 0 Å². The van der Waals surface area contributed by atoms with E-state index in [9.17, 15) is 9.90 Å². The first-order valence-electron chi connectivity index (χ1n) is 5.60. The van der Waals surface area contributed by atoms with Gasteiger partial charge in [-0.1, -0.05) is 0 Å². The molecule has 92 valence electrons. The van der Waals surface area contributed by atoms with Crippen LogP contribution in [0.15, 0.2) is 22.7 Å². The monoisotopic (exact) mass is 298 g/mol. The molecule has 1 heterocycles. The highest BCUT2D eigenvalue weighted by Crippen LogP contribution is 2.22. The molecular formula is C12H15BrN2O2. The molecule has 1 atom stereocenters. The normalized spacial score (nSPS) is 20.4. The van der Waals surface area contributed by atoms with Crippen LogP contribution in [-0.4, -0.2) is 35.1 Å². The molecule has 0 aromatic heterocycles. The number of anilines is 1. The topological polar surface area (TPSA) is 66.6 Å². The van der Waals surface area contributed by atoms with E-state index in [0.717, 1.165) is 17.3 Å². The molecule has 17 heavy (non-hydrogen) atoms. The highest BCUT2D eigenvalue weighted by molar-refractivity contribution is 9.10. The molecule has 1 aliphatic heterocycles. The predicted octanol–water partition coefficient (Wildman–Crippen LogP) is 1.63. The maximum atomic E-state index is 12.2. The summed E-state index contributed by atoms with van der Waals surface area (Å²) in [4.78, 5) is 13.9. The first-order chi connectivity index (χ1) is 8.08. The van der Waals surface area contributed by atoms with Gasteiger partial charge < -0.3 is 15.7 Å². The number of hydrogen-bond donors (Lipinski definition) is 2. The maximum Gasteiger partial charge on any atom is 0.255 e. The molecule has 1 aliphatic rings. The fourth-order valence-electron chi connectivity index (χ4n) is 2.02. The Kier molecular flexibility index (Phi) is 3.69. The van der Waals surface area contributed by atoms with Crippen molar-refractivity contribution in [3.05, 3.63) is 28.2 Å². The molecule has 0 aliphatic carbocycles. The van der Waals surface area contributed by atoms with Crippen molar-refractivity contribution >= 4 is 27.5 Å². The van der Waals surface area contributed by atoms with Gasteiger partial charge in [0.05, 0.1) is 11.7 Å². The molecule has 2 rings (SSSR count). The van der Waals surface area contributed by atoms with Crippen molar-refractivity contribution < 1.29 is 9.90 Å². The number of aliphatic hydroxyl groups excluding tert-OH is 1. The first-order valence-corrected chi connectivity index (χ1v) is 6.39. The number of halogens is 1. The molecule has 0 bridgehead atoms. The van der Waals surface area contributed by atoms with Gasteiger partial charge in [-0.15, -0.1) is 0 Å². The summed E-state index contributed by atoms with van der Waals surface area (Å²) in [6.45, 7) is 1.09. The molecule has 1 saturated heterocycles. The Morgan fingerprint density at radius 3 is 3.00 bits per heavy atom. The van der Waals surface area contributed by atoms with Gasteiger partial charge in [-0.3, -0.25) is 4.79 Å². The lowest BCUT2D eigenvalue weighted by Crippen LogP contribution is -2.42. The van der Waals surface area contributed by atoms with Crippen molar-refractivity contribution in [3.63, 3.8) is 0 Å². The number of rotatable bonds is 1. The lowest BCUT2D eigenvalue weighted by atomic mass is 10.1. The van der Waals surface area contributed by atoms with E-state index < -0.39 is 6.10 Å². The number of nitrogen functional groups attached to an aromatic ring is 1. The summed E-state index contributed by atoms with van der Waals surface area (Å²) in [6.07, 6.45) is 1.20. The summed E-state index contributed by atoms with van der Waals surface area (Å²) in [5.74, 6) is -0.0806. The second-order valence-electron chi connectivity index (χ2n) is 4.29. The fourth-order valence-corrected chi connectivity index (χ4v) is 2.43. The number of piperidine rings is 1. The van der Waals surface area contributed by atoms with Crippen LogP contribution in [0.4, 0.5) is 5.69 Å². The van der Waals surface area contributed by atoms with Gasteiger partial charge in [0.1, 0.15) is 0 Å². The lowest BCUT2D eigenvalue weighted by Gasteiger charge is -2.30. The molecule has 3 N–H and O–H groups in total. The summed E-state index contributed by atoms with van der Waals surface area (Å²) in [5.41, 5.74) is 6.80. The van der Waals surface area contributed by atoms with Gasteiger partial charge in [0.15, 0.2) is 0 Å². The van der Waals surface area contributed by atoms with Crippen molar-refractivity contribution in [1.29, 1.82) is 0 Å². The van der Waals surface area contributed by atoms with Crippen LogP contribution in [0.5, 0.6) is 0 Å². The molecular weight excluding hydrogens is 284 g/mol. The molecule has 1 fully saturated rings. The van der Waals surface area contributed by atoms with Crippen LogP contribution in [0.2, 0.25) is 0 Å². The third-order valence-corrected chi connectivity index (χ3v) is 3.60. The van der Waals surface area contributed by atoms with Crippen LogP contribution in [0.3, 0.4) is 0 Å². The van der Waals surface area contributed by atoms with E-state index in [1.54, 1.807) is 23.1 Å². The first kappa shape index (κ1) is 12.4. The molecule has 1 amide bonds. The van der Waals surface area contributed by atoms with Crippen LogP contribution >= 0.6 is 15.9 Å². The molecule has 0 unspecified atom stereocenters. The van der Waals surface area contributed by atoms with Crippen molar-refractivity contribution in [1.82, 2.24) is 4.90 Å². The number of carbonyl (C=O) groups excluding carboxylic acids is 1. The van der Waals surface area contributed by atoms with E-state index in [1.165, 1.54) is 0 Å². The van der Waals surface area contributed by atoms with E-state index in [4.69, 9.17) is 5.73 Å². The van der Waals surface area contributed by atoms with Crippen molar-refractivity contribution in [3.8, 4) is 0 Å². The Morgan fingerprint density at radius 1 is 1.53 bits per heavy atom. The standard InChI is InChI=1S/C12H15BrN2O2/c13-11-4-3-8(14)6-10(11)12(17)15-5-1-2-9(16)7-15/h3-4,6,9,16H,1-2,5,7,14H2/t9-/m0/s1. The van der Waals surface area contributed by atoms with Gasteiger partial charge in [-0.25, -0.2) is 0 Å². The summed E-state index contributed by atoms with van der Waals surface area (Å²) in [7, 11) is 0. The molecule has 0 radical (unpaired) electrons. The average Bonchev–Trinajstić information content (AvgIpc) is 2.31. The fraction of sp³-hybridized carbons (Fsp3) is 0.417. The number of likely N-dealkylation sites (tertiary alicyclic amines) is 1. The molecule has 1 aromatic carbocycles. The van der Waals surface area contributed by atoms with Gasteiger partial charge in [0.2, 0.25) is 0 Å². The smallest absolute Gasteiger partial charge is 0.255 e. The zero-order chi connectivity index (χ0) is 12.4. The van der Waals surface area contributed by atoms with E-state index in [1.807, 2.05) is 0 Å². The van der Waals surface area contributed by atoms with Gasteiger partial charge in [-0.2, -0.15) is 0 Å². The minimum atomic E-state index is -0.410. The number of nitrogens with two attached hydrogens (primary N) is 1. The summed E-state index contributed by atoms with van der Waals surface area (Å²) in [5, 5.41) is 9.57. The SMILES string of the molecule is Nc1ccc(Br)c(C(=O)N2CCC[C@H](O)C2)c1. The van der Waals surface area contributed by atoms with Crippen molar-refractivity contribution in [2.45, 2.75) is 18.9 Å². The Hall–Kier alpha value is -1.07. The largest absolute Gasteiger partial charge is 0.399 e. The van der Waals surface area contributed by atoms with Gasteiger partial charge in [0.25, 0.3) is 5.91 Å². The molecule has 1 aromatic rings. The summed E-state index contributed by atoms with van der Waals surface area (Å²) in [6, 6.07) is 5.17. The number of aliphatic hydroxyl groups is 1. The third-order valence-electron chi connectivity index (χ3n) is 2.90. The van der Waals surface area contributed by atoms with Gasteiger partial charge in [0, 0.05) is 23.2 Å². The highest BCUT2D eigenvalue weighted by atomic mass is 79.9. The second kappa shape index (κ2) is 5.06. The maximum absolute atomic E-state index is 12.2. The number of amides is 1. The van der Waals surface area contributed by atoms with E-state index in [-0.39, 0.29) is 5.91 Å². The molecule has 0 saturated carbocycles.